The largest absolute Gasteiger partial charge is 0.286 e. The van der Waals surface area contributed by atoms with Crippen molar-refractivity contribution in [1.29, 1.82) is 5.26 Å². The second-order valence-corrected chi connectivity index (χ2v) is 3.72. The third-order valence-corrected chi connectivity index (χ3v) is 2.75. The zero-order chi connectivity index (χ0) is 11.6. The van der Waals surface area contributed by atoms with Crippen LogP contribution in [0.4, 0.5) is 8.78 Å². The summed E-state index contributed by atoms with van der Waals surface area (Å²) in [7, 11) is 0. The molecule has 0 aliphatic carbocycles. The van der Waals surface area contributed by atoms with Crippen molar-refractivity contribution in [2.75, 3.05) is 0 Å². The van der Waals surface area contributed by atoms with Gasteiger partial charge in [-0.15, -0.1) is 0 Å². The summed E-state index contributed by atoms with van der Waals surface area (Å²) < 4.78 is 27.0. The first-order valence-electron chi connectivity index (χ1n) is 4.72. The van der Waals surface area contributed by atoms with Crippen LogP contribution in [0.15, 0.2) is 12.1 Å². The van der Waals surface area contributed by atoms with E-state index >= 15 is 0 Å². The molecule has 1 rings (SSSR count). The lowest BCUT2D eigenvalue weighted by molar-refractivity contribution is 0.000254. The fraction of sp³-hybridized carbons (Fsp3) is 0.417. The summed E-state index contributed by atoms with van der Waals surface area (Å²) >= 11 is 0. The van der Waals surface area contributed by atoms with Gasteiger partial charge < -0.3 is 0 Å². The number of aryl methyl sites for hydroxylation is 1. The van der Waals surface area contributed by atoms with Gasteiger partial charge in [0.2, 0.25) is 0 Å². The van der Waals surface area contributed by atoms with Gasteiger partial charge in [-0.1, -0.05) is 12.1 Å². The molecule has 0 radical (unpaired) electrons. The van der Waals surface area contributed by atoms with E-state index in [1.165, 1.54) is 12.1 Å². The van der Waals surface area contributed by atoms with E-state index in [2.05, 4.69) is 0 Å². The van der Waals surface area contributed by atoms with Gasteiger partial charge in [-0.3, -0.25) is 0 Å². The zero-order valence-corrected chi connectivity index (χ0v) is 9.06. The Kier molecular flexibility index (Phi) is 3.09. The van der Waals surface area contributed by atoms with E-state index in [0.717, 1.165) is 11.1 Å². The Bertz CT molecular complexity index is 416. The molecule has 0 bridgehead atoms. The van der Waals surface area contributed by atoms with Crippen molar-refractivity contribution in [3.8, 4) is 6.07 Å². The molecule has 0 spiro atoms. The molecule has 80 valence electrons. The molecular weight excluding hydrogens is 196 g/mol. The average molecular weight is 209 g/mol. The quantitative estimate of drug-likeness (QED) is 0.729. The number of alkyl halides is 2. The Labute approximate surface area is 88.3 Å². The smallest absolute Gasteiger partial charge is 0.200 e. The number of nitrogens with zero attached hydrogens (tertiary/aromatic N) is 1. The Hall–Kier alpha value is -1.43. The molecule has 0 fully saturated rings. The molecule has 1 aromatic rings. The summed E-state index contributed by atoms with van der Waals surface area (Å²) in [5.74, 6) is -3.04. The Morgan fingerprint density at radius 1 is 1.20 bits per heavy atom. The zero-order valence-electron chi connectivity index (χ0n) is 9.06. The Morgan fingerprint density at radius 3 is 2.33 bits per heavy atom. The first kappa shape index (κ1) is 11.6. The topological polar surface area (TPSA) is 23.8 Å². The lowest BCUT2D eigenvalue weighted by atomic mass is 9.94. The summed E-state index contributed by atoms with van der Waals surface area (Å²) in [4.78, 5) is 0. The minimum absolute atomic E-state index is 0.0350. The number of hydrogen-bond donors (Lipinski definition) is 0. The molecule has 0 amide bonds. The van der Waals surface area contributed by atoms with Gasteiger partial charge in [0, 0.05) is 5.56 Å². The summed E-state index contributed by atoms with van der Waals surface area (Å²) in [6, 6.07) is 4.60. The van der Waals surface area contributed by atoms with Crippen LogP contribution < -0.4 is 0 Å². The molecule has 0 aliphatic rings. The highest BCUT2D eigenvalue weighted by atomic mass is 19.3. The molecule has 1 nitrogen and oxygen atoms in total. The van der Waals surface area contributed by atoms with Gasteiger partial charge in [0.15, 0.2) is 0 Å². The van der Waals surface area contributed by atoms with E-state index in [1.807, 2.05) is 13.8 Å². The highest BCUT2D eigenvalue weighted by molar-refractivity contribution is 5.41. The normalized spacial score (nSPS) is 11.2. The molecule has 0 aromatic heterocycles. The van der Waals surface area contributed by atoms with Crippen molar-refractivity contribution in [3.63, 3.8) is 0 Å². The SMILES string of the molecule is Cc1ccc(C(F)(F)CC#N)c(C)c1C. The predicted molar refractivity (Wildman–Crippen MR) is 54.8 cm³/mol. The summed E-state index contributed by atoms with van der Waals surface area (Å²) in [6.45, 7) is 5.37. The molecule has 0 aliphatic heterocycles. The van der Waals surface area contributed by atoms with Crippen LogP contribution in [0.3, 0.4) is 0 Å². The minimum atomic E-state index is -3.04. The predicted octanol–water partition coefficient (Wildman–Crippen LogP) is 3.62. The van der Waals surface area contributed by atoms with E-state index in [0.29, 0.717) is 5.56 Å². The van der Waals surface area contributed by atoms with Gasteiger partial charge in [0.25, 0.3) is 5.92 Å². The van der Waals surface area contributed by atoms with Gasteiger partial charge >= 0.3 is 0 Å². The van der Waals surface area contributed by atoms with Crippen LogP contribution in [0.5, 0.6) is 0 Å². The van der Waals surface area contributed by atoms with Gasteiger partial charge in [-0.25, -0.2) is 8.78 Å². The minimum Gasteiger partial charge on any atom is -0.200 e. The second kappa shape index (κ2) is 3.98. The third-order valence-electron chi connectivity index (χ3n) is 2.75. The van der Waals surface area contributed by atoms with Crippen molar-refractivity contribution in [2.24, 2.45) is 0 Å². The van der Waals surface area contributed by atoms with Crippen LogP contribution in [0.1, 0.15) is 28.7 Å². The fourth-order valence-corrected chi connectivity index (χ4v) is 1.55. The van der Waals surface area contributed by atoms with Crippen LogP contribution in [-0.2, 0) is 5.92 Å². The van der Waals surface area contributed by atoms with Crippen LogP contribution in [-0.4, -0.2) is 0 Å². The number of rotatable bonds is 2. The number of hydrogen-bond acceptors (Lipinski definition) is 1. The number of benzene rings is 1. The molecular formula is C12H13F2N. The van der Waals surface area contributed by atoms with Gasteiger partial charge in [0.1, 0.15) is 6.42 Å². The second-order valence-electron chi connectivity index (χ2n) is 3.72. The first-order chi connectivity index (χ1) is 6.90. The monoisotopic (exact) mass is 209 g/mol. The summed E-state index contributed by atoms with van der Waals surface area (Å²) in [5.41, 5.74) is 2.40. The molecule has 0 saturated carbocycles. The van der Waals surface area contributed by atoms with Crippen LogP contribution >= 0.6 is 0 Å². The molecule has 0 N–H and O–H groups in total. The molecule has 0 saturated heterocycles. The maximum atomic E-state index is 13.5. The maximum absolute atomic E-state index is 13.5. The third kappa shape index (κ3) is 2.15. The lowest BCUT2D eigenvalue weighted by Gasteiger charge is -2.18. The first-order valence-corrected chi connectivity index (χ1v) is 4.72. The average Bonchev–Trinajstić information content (AvgIpc) is 2.13. The standard InChI is InChI=1S/C12H13F2N/c1-8-4-5-11(10(3)9(8)2)12(13,14)6-7-15/h4-5H,6H2,1-3H3. The van der Waals surface area contributed by atoms with Gasteiger partial charge in [-0.05, 0) is 37.5 Å². The lowest BCUT2D eigenvalue weighted by Crippen LogP contribution is -2.15. The molecule has 15 heavy (non-hydrogen) atoms. The van der Waals surface area contributed by atoms with E-state index in [4.69, 9.17) is 5.26 Å². The van der Waals surface area contributed by atoms with E-state index in [1.54, 1.807) is 13.0 Å². The molecule has 0 atom stereocenters. The maximum Gasteiger partial charge on any atom is 0.286 e. The fourth-order valence-electron chi connectivity index (χ4n) is 1.55. The van der Waals surface area contributed by atoms with Crippen molar-refractivity contribution in [1.82, 2.24) is 0 Å². The van der Waals surface area contributed by atoms with E-state index < -0.39 is 12.3 Å². The Morgan fingerprint density at radius 2 is 1.80 bits per heavy atom. The van der Waals surface area contributed by atoms with Crippen LogP contribution in [0.25, 0.3) is 0 Å². The van der Waals surface area contributed by atoms with Crippen molar-refractivity contribution < 1.29 is 8.78 Å². The Balaban J connectivity index is 3.28. The van der Waals surface area contributed by atoms with Crippen molar-refractivity contribution in [3.05, 3.63) is 34.4 Å². The summed E-state index contributed by atoms with van der Waals surface area (Å²) in [5, 5.41) is 8.35. The highest BCUT2D eigenvalue weighted by Gasteiger charge is 2.33. The highest BCUT2D eigenvalue weighted by Crippen LogP contribution is 2.35. The van der Waals surface area contributed by atoms with Gasteiger partial charge in [-0.2, -0.15) is 5.26 Å². The molecule has 0 unspecified atom stereocenters. The van der Waals surface area contributed by atoms with Gasteiger partial charge in [0.05, 0.1) is 6.07 Å². The molecule has 3 heteroatoms. The van der Waals surface area contributed by atoms with E-state index in [9.17, 15) is 8.78 Å². The number of halogens is 2. The van der Waals surface area contributed by atoms with E-state index in [-0.39, 0.29) is 5.56 Å². The van der Waals surface area contributed by atoms with Crippen LogP contribution in [0.2, 0.25) is 0 Å². The molecule has 0 heterocycles. The number of nitriles is 1. The van der Waals surface area contributed by atoms with Crippen LogP contribution in [0, 0.1) is 32.1 Å². The van der Waals surface area contributed by atoms with Crippen molar-refractivity contribution in [2.45, 2.75) is 33.1 Å². The van der Waals surface area contributed by atoms with Crippen molar-refractivity contribution >= 4 is 0 Å². The molecule has 1 aromatic carbocycles. The summed E-state index contributed by atoms with van der Waals surface area (Å²) in [6.07, 6.45) is -0.768.